The third-order valence-corrected chi connectivity index (χ3v) is 21.7. The summed E-state index contributed by atoms with van der Waals surface area (Å²) in [5.41, 5.74) is 4.41. The van der Waals surface area contributed by atoms with Crippen molar-refractivity contribution < 1.29 is 29.4 Å². The first kappa shape index (κ1) is 44.5. The number of fused-ring (bicyclic) bond motifs is 4. The van der Waals surface area contributed by atoms with Crippen molar-refractivity contribution in [1.82, 2.24) is 19.9 Å². The SMILES string of the molecule is [2H]C([2H])(Oc1nc(N2CCCC[C@H]3[C@H](F)[C@H]32)c2cnc(-c3cc(N=C(c4ccccc4)c4ccccc4)cc4cc(F)c(F)c(C#C[Si](C(C)C)(C(C)C)C(C)C)c34)c(F)c2n1)[C@@]12CCCN1C[C@H](F)C2. The van der Waals surface area contributed by atoms with Crippen LogP contribution in [0.25, 0.3) is 32.9 Å². The minimum Gasteiger partial charge on any atom is -0.461 e. The van der Waals surface area contributed by atoms with Crippen LogP contribution in [0.5, 0.6) is 6.01 Å². The standard InChI is InChI=1S/C56H59F5N6OSi/c1-33(2)69(34(3)4,35(5)6)25-21-41-46-38(27-45(58)47(41)59)26-40(63-50(36-16-9-7-10-17-36)37-18-11-8-12-19-37)28-43(46)51-49(61)52-44(30-62-51)54(67-24-14-13-20-42-48(60)53(42)67)65-55(64-52)68-32-56-22-15-23-66(56)31-39(57)29-56/h7-12,16-19,26-28,30,33-35,39,42,48,53H,13-15,20,22-24,29,31-32H2,1-6H3/t39-,42+,48+,53+,56+/m1/s1/i32D2. The van der Waals surface area contributed by atoms with Crippen LogP contribution >= 0.6 is 0 Å². The number of rotatable bonds is 11. The molecule has 3 aliphatic heterocycles. The molecule has 0 bridgehead atoms. The van der Waals surface area contributed by atoms with Crippen molar-refractivity contribution in [3.05, 3.63) is 119 Å². The number of benzene rings is 4. The summed E-state index contributed by atoms with van der Waals surface area (Å²) in [5, 5.41) is 0.468. The highest BCUT2D eigenvalue weighted by atomic mass is 28.3. The van der Waals surface area contributed by atoms with Crippen molar-refractivity contribution in [3.63, 3.8) is 0 Å². The molecule has 0 amide bonds. The molecule has 6 aromatic rings. The average Bonchev–Trinajstić information content (AvgIpc) is 3.70. The summed E-state index contributed by atoms with van der Waals surface area (Å²) >= 11 is 0. The van der Waals surface area contributed by atoms with Crippen molar-refractivity contribution in [3.8, 4) is 28.7 Å². The summed E-state index contributed by atoms with van der Waals surface area (Å²) in [6.45, 7) is 11.2. The molecule has 0 N–H and O–H groups in total. The van der Waals surface area contributed by atoms with Crippen LogP contribution in [-0.4, -0.2) is 83.8 Å². The summed E-state index contributed by atoms with van der Waals surface area (Å²) in [4.78, 5) is 22.8. The fraction of sp³-hybridized carbons (Fsp3) is 0.429. The van der Waals surface area contributed by atoms with E-state index in [0.717, 1.165) is 23.6 Å². The zero-order valence-corrected chi connectivity index (χ0v) is 41.0. The lowest BCUT2D eigenvalue weighted by atomic mass is 9.94. The van der Waals surface area contributed by atoms with E-state index < -0.39 is 62.0 Å². The highest BCUT2D eigenvalue weighted by Crippen LogP contribution is 2.49. The second-order valence-corrected chi connectivity index (χ2v) is 25.9. The second kappa shape index (κ2) is 18.6. The monoisotopic (exact) mass is 956 g/mol. The van der Waals surface area contributed by atoms with Gasteiger partial charge in [0.2, 0.25) is 0 Å². The van der Waals surface area contributed by atoms with Gasteiger partial charge in [0.15, 0.2) is 17.5 Å². The van der Waals surface area contributed by atoms with Crippen LogP contribution in [-0.2, 0) is 0 Å². The quantitative estimate of drug-likeness (QED) is 0.0558. The molecule has 1 saturated carbocycles. The molecule has 0 unspecified atom stereocenters. The van der Waals surface area contributed by atoms with Gasteiger partial charge in [-0.15, -0.1) is 5.54 Å². The molecular weight excluding hydrogens is 896 g/mol. The van der Waals surface area contributed by atoms with Gasteiger partial charge in [0, 0.05) is 53.7 Å². The fourth-order valence-electron chi connectivity index (χ4n) is 12.0. The third kappa shape index (κ3) is 8.39. The first-order chi connectivity index (χ1) is 34.0. The minimum atomic E-state index is -2.55. The molecule has 358 valence electrons. The smallest absolute Gasteiger partial charge is 0.319 e. The molecule has 5 heterocycles. The molecular formula is C56H59F5N6OSi. The number of aliphatic imine (C=N–C) groups is 1. The maximum Gasteiger partial charge on any atom is 0.319 e. The molecule has 4 fully saturated rings. The van der Waals surface area contributed by atoms with Gasteiger partial charge in [0.05, 0.1) is 36.7 Å². The molecule has 69 heavy (non-hydrogen) atoms. The Bertz CT molecular complexity index is 3050. The van der Waals surface area contributed by atoms with E-state index in [1.165, 1.54) is 6.20 Å². The Morgan fingerprint density at radius 3 is 2.26 bits per heavy atom. The van der Waals surface area contributed by atoms with E-state index in [-0.39, 0.29) is 79.8 Å². The summed E-state index contributed by atoms with van der Waals surface area (Å²) in [7, 11) is -2.55. The van der Waals surface area contributed by atoms with Gasteiger partial charge in [0.25, 0.3) is 0 Å². The van der Waals surface area contributed by atoms with E-state index in [1.807, 2.05) is 60.7 Å². The van der Waals surface area contributed by atoms with Gasteiger partial charge in [0.1, 0.15) is 44.0 Å². The number of aromatic nitrogens is 3. The molecule has 5 atom stereocenters. The molecule has 0 radical (unpaired) electrons. The molecule has 4 aliphatic rings. The van der Waals surface area contributed by atoms with Gasteiger partial charge >= 0.3 is 6.01 Å². The van der Waals surface area contributed by atoms with Crippen molar-refractivity contribution in [2.24, 2.45) is 10.9 Å². The molecule has 0 spiro atoms. The summed E-state index contributed by atoms with van der Waals surface area (Å²) < 4.78 is 107. The number of halogens is 5. The lowest BCUT2D eigenvalue weighted by molar-refractivity contribution is 0.107. The van der Waals surface area contributed by atoms with Crippen molar-refractivity contribution in [2.45, 2.75) is 121 Å². The molecule has 10 rings (SSSR count). The number of pyridine rings is 1. The third-order valence-electron chi connectivity index (χ3n) is 15.4. The molecule has 4 aromatic carbocycles. The Labute approximate surface area is 405 Å². The number of ether oxygens (including phenoxy) is 1. The van der Waals surface area contributed by atoms with E-state index in [0.29, 0.717) is 50.2 Å². The normalized spacial score (nSPS) is 23.1. The first-order valence-corrected chi connectivity index (χ1v) is 26.7. The predicted octanol–water partition coefficient (Wildman–Crippen LogP) is 13.3. The van der Waals surface area contributed by atoms with Gasteiger partial charge in [-0.3, -0.25) is 9.88 Å². The Kier molecular flexibility index (Phi) is 12.0. The molecule has 7 nitrogen and oxygen atoms in total. The van der Waals surface area contributed by atoms with Crippen LogP contribution in [0, 0.1) is 34.8 Å². The molecule has 1 aliphatic carbocycles. The Hall–Kier alpha value is -5.71. The number of nitrogens with zero attached hydrogens (tertiary/aromatic N) is 6. The molecule has 13 heteroatoms. The second-order valence-electron chi connectivity index (χ2n) is 20.4. The van der Waals surface area contributed by atoms with Crippen LogP contribution in [0.4, 0.5) is 33.5 Å². The summed E-state index contributed by atoms with van der Waals surface area (Å²) in [6, 6.07) is 22.3. The Morgan fingerprint density at radius 1 is 0.884 bits per heavy atom. The van der Waals surface area contributed by atoms with Gasteiger partial charge in [-0.05, 0) is 72.4 Å². The van der Waals surface area contributed by atoms with Crippen LogP contribution in [0.3, 0.4) is 0 Å². The highest BCUT2D eigenvalue weighted by Gasteiger charge is 2.56. The summed E-state index contributed by atoms with van der Waals surface area (Å²) in [6.07, 6.45) is 2.04. The Balaban J connectivity index is 1.24. The topological polar surface area (TPSA) is 66.7 Å². The number of anilines is 1. The summed E-state index contributed by atoms with van der Waals surface area (Å²) in [5.74, 6) is -0.237. The zero-order valence-electron chi connectivity index (χ0n) is 42.0. The highest BCUT2D eigenvalue weighted by molar-refractivity contribution is 6.90. The van der Waals surface area contributed by atoms with Crippen LogP contribution in [0.15, 0.2) is 90.1 Å². The minimum absolute atomic E-state index is 0.0623. The van der Waals surface area contributed by atoms with Crippen molar-refractivity contribution in [1.29, 1.82) is 0 Å². The maximum absolute atomic E-state index is 18.3. The van der Waals surface area contributed by atoms with Crippen molar-refractivity contribution in [2.75, 3.05) is 31.1 Å². The van der Waals surface area contributed by atoms with Crippen LogP contribution < -0.4 is 9.64 Å². The van der Waals surface area contributed by atoms with E-state index in [9.17, 15) is 2.74 Å². The van der Waals surface area contributed by atoms with Gasteiger partial charge in [-0.25, -0.2) is 26.9 Å². The molecule has 2 aromatic heterocycles. The number of hydrogen-bond acceptors (Lipinski definition) is 7. The van der Waals surface area contributed by atoms with E-state index >= 15 is 22.0 Å². The predicted molar refractivity (Wildman–Crippen MR) is 268 cm³/mol. The Morgan fingerprint density at radius 2 is 1.58 bits per heavy atom. The van der Waals surface area contributed by atoms with Crippen LogP contribution in [0.1, 0.15) is 99.5 Å². The van der Waals surface area contributed by atoms with E-state index in [1.54, 1.807) is 21.9 Å². The molecule has 3 saturated heterocycles. The van der Waals surface area contributed by atoms with Crippen molar-refractivity contribution >= 4 is 47.0 Å². The van der Waals surface area contributed by atoms with Gasteiger partial charge in [-0.2, -0.15) is 9.97 Å². The first-order valence-electron chi connectivity index (χ1n) is 25.5. The zero-order chi connectivity index (χ0) is 50.1. The van der Waals surface area contributed by atoms with Gasteiger partial charge in [-0.1, -0.05) is 115 Å². The van der Waals surface area contributed by atoms with E-state index in [4.69, 9.17) is 19.7 Å². The van der Waals surface area contributed by atoms with Crippen LogP contribution in [0.2, 0.25) is 16.6 Å². The lowest BCUT2D eigenvalue weighted by Gasteiger charge is -2.38. The van der Waals surface area contributed by atoms with Gasteiger partial charge < -0.3 is 9.64 Å². The maximum atomic E-state index is 18.3. The average molecular weight is 957 g/mol. The lowest BCUT2D eigenvalue weighted by Crippen LogP contribution is -2.43. The largest absolute Gasteiger partial charge is 0.461 e. The number of hydrogen-bond donors (Lipinski definition) is 0. The number of alkyl halides is 2. The fourth-order valence-corrected chi connectivity index (χ4v) is 17.2. The van der Waals surface area contributed by atoms with E-state index in [2.05, 4.69) is 58.0 Å².